The molecule has 0 spiro atoms. The van der Waals surface area contributed by atoms with Gasteiger partial charge in [0.15, 0.2) is 0 Å². The first-order valence-corrected chi connectivity index (χ1v) is 15.1. The number of amides is 3. The summed E-state index contributed by atoms with van der Waals surface area (Å²) in [6.45, 7) is 5.71. The van der Waals surface area contributed by atoms with Gasteiger partial charge in [0.05, 0.1) is 25.1 Å². The molecule has 11 heteroatoms. The first-order valence-electron chi connectivity index (χ1n) is 15.1. The number of aromatic nitrogens is 1. The molecule has 0 aliphatic carbocycles. The quantitative estimate of drug-likeness (QED) is 0.460. The van der Waals surface area contributed by atoms with Gasteiger partial charge in [0, 0.05) is 74.6 Å². The summed E-state index contributed by atoms with van der Waals surface area (Å²) in [6, 6.07) is 17.8. The van der Waals surface area contributed by atoms with Crippen molar-refractivity contribution in [2.75, 3.05) is 63.2 Å². The first-order chi connectivity index (χ1) is 21.3. The Morgan fingerprint density at radius 3 is 2.34 bits per heavy atom. The van der Waals surface area contributed by atoms with E-state index >= 15 is 0 Å². The van der Waals surface area contributed by atoms with Crippen LogP contribution in [-0.2, 0) is 11.3 Å². The molecule has 3 amide bonds. The summed E-state index contributed by atoms with van der Waals surface area (Å²) in [5.74, 6) is 0.652. The Hall–Kier alpha value is -4.80. The molecule has 0 radical (unpaired) electrons. The molecule has 0 saturated carbocycles. The molecule has 230 valence electrons. The second-order valence-electron chi connectivity index (χ2n) is 11.5. The van der Waals surface area contributed by atoms with Crippen molar-refractivity contribution in [3.05, 3.63) is 87.8 Å². The Labute approximate surface area is 255 Å². The van der Waals surface area contributed by atoms with Crippen LogP contribution in [0.2, 0.25) is 0 Å². The Morgan fingerprint density at radius 1 is 0.886 bits per heavy atom. The molecule has 2 saturated heterocycles. The molecule has 2 aromatic carbocycles. The molecule has 6 rings (SSSR count). The topological polar surface area (TPSA) is 113 Å². The minimum Gasteiger partial charge on any atom is -0.497 e. The number of hydrogen-bond donors (Lipinski definition) is 1. The van der Waals surface area contributed by atoms with Gasteiger partial charge in [-0.2, -0.15) is 0 Å². The van der Waals surface area contributed by atoms with Gasteiger partial charge in [0.2, 0.25) is 0 Å². The maximum absolute atomic E-state index is 13.6. The van der Waals surface area contributed by atoms with Crippen LogP contribution < -0.4 is 20.5 Å². The molecule has 0 unspecified atom stereocenters. The minimum atomic E-state index is -0.369. The molecule has 1 N–H and O–H groups in total. The van der Waals surface area contributed by atoms with Crippen LogP contribution in [0, 0.1) is 5.92 Å². The third kappa shape index (κ3) is 5.86. The van der Waals surface area contributed by atoms with Crippen LogP contribution in [0.4, 0.5) is 16.2 Å². The van der Waals surface area contributed by atoms with E-state index < -0.39 is 0 Å². The Balaban J connectivity index is 1.27. The van der Waals surface area contributed by atoms with Crippen molar-refractivity contribution in [2.24, 2.45) is 5.92 Å². The number of carbonyl (C=O) groups is 3. The van der Waals surface area contributed by atoms with Gasteiger partial charge < -0.3 is 34.1 Å². The standard InChI is InChI=1S/C33H37N5O6/c1-3-44-33(42)36-15-13-35(14-16-36)32(41)24-9-12-29(27(18-24)34-31(40)23-7-10-26(43-2)11-8-23)37-19-22-17-25(21-37)28-5-4-6-30(39)38(28)20-22/h4-12,18,22,25H,3,13-17,19-21H2,1-2H3,(H,34,40)/t22-,25+/m1/s1. The van der Waals surface area contributed by atoms with E-state index in [2.05, 4.69) is 10.2 Å². The molecule has 44 heavy (non-hydrogen) atoms. The molecular formula is C33H37N5O6. The van der Waals surface area contributed by atoms with Crippen molar-refractivity contribution < 1.29 is 23.9 Å². The number of fused-ring (bicyclic) bond motifs is 4. The van der Waals surface area contributed by atoms with E-state index in [1.165, 1.54) is 0 Å². The summed E-state index contributed by atoms with van der Waals surface area (Å²) >= 11 is 0. The fourth-order valence-electron chi connectivity index (χ4n) is 6.56. The summed E-state index contributed by atoms with van der Waals surface area (Å²) < 4.78 is 12.2. The van der Waals surface area contributed by atoms with E-state index in [-0.39, 0.29) is 35.3 Å². The maximum Gasteiger partial charge on any atom is 0.409 e. The number of hydrogen-bond acceptors (Lipinski definition) is 7. The summed E-state index contributed by atoms with van der Waals surface area (Å²) in [4.78, 5) is 57.3. The predicted molar refractivity (Wildman–Crippen MR) is 166 cm³/mol. The summed E-state index contributed by atoms with van der Waals surface area (Å²) in [5, 5.41) is 3.07. The molecular weight excluding hydrogens is 562 g/mol. The van der Waals surface area contributed by atoms with Crippen LogP contribution in [0.15, 0.2) is 65.5 Å². The highest BCUT2D eigenvalue weighted by molar-refractivity contribution is 6.07. The van der Waals surface area contributed by atoms with Gasteiger partial charge >= 0.3 is 6.09 Å². The molecule has 1 aromatic heterocycles. The SMILES string of the molecule is CCOC(=O)N1CCN(C(=O)c2ccc(N3C[C@H]4C[C@@H](C3)c3cccc(=O)n3C4)c(NC(=O)c3ccc(OC)cc3)c2)CC1. The number of anilines is 2. The third-order valence-electron chi connectivity index (χ3n) is 8.76. The third-order valence-corrected chi connectivity index (χ3v) is 8.76. The number of nitrogens with one attached hydrogen (secondary N) is 1. The highest BCUT2D eigenvalue weighted by Gasteiger charge is 2.35. The number of rotatable bonds is 6. The molecule has 3 aliphatic rings. The van der Waals surface area contributed by atoms with Crippen LogP contribution in [0.3, 0.4) is 0 Å². The lowest BCUT2D eigenvalue weighted by atomic mass is 9.83. The summed E-state index contributed by atoms with van der Waals surface area (Å²) in [7, 11) is 1.57. The van der Waals surface area contributed by atoms with E-state index in [1.807, 2.05) is 22.8 Å². The van der Waals surface area contributed by atoms with Crippen LogP contribution in [0.1, 0.15) is 45.7 Å². The number of ether oxygens (including phenoxy) is 2. The van der Waals surface area contributed by atoms with Gasteiger partial charge in [-0.3, -0.25) is 14.4 Å². The maximum atomic E-state index is 13.6. The van der Waals surface area contributed by atoms with Crippen LogP contribution in [-0.4, -0.2) is 85.3 Å². The zero-order valence-electron chi connectivity index (χ0n) is 25.0. The average Bonchev–Trinajstić information content (AvgIpc) is 3.05. The fraction of sp³-hybridized carbons (Fsp3) is 0.394. The minimum absolute atomic E-state index is 0.0315. The second kappa shape index (κ2) is 12.4. The number of piperazine rings is 1. The van der Waals surface area contributed by atoms with E-state index in [0.29, 0.717) is 68.4 Å². The molecule has 11 nitrogen and oxygen atoms in total. The molecule has 2 atom stereocenters. The number of pyridine rings is 1. The summed E-state index contributed by atoms with van der Waals surface area (Å²) in [5.41, 5.74) is 3.37. The number of piperidine rings is 1. The van der Waals surface area contributed by atoms with Gasteiger partial charge in [-0.25, -0.2) is 4.79 Å². The first kappa shape index (κ1) is 29.3. The van der Waals surface area contributed by atoms with E-state index in [0.717, 1.165) is 24.3 Å². The zero-order chi connectivity index (χ0) is 30.8. The van der Waals surface area contributed by atoms with Crippen LogP contribution >= 0.6 is 0 Å². The van der Waals surface area contributed by atoms with E-state index in [1.54, 1.807) is 66.3 Å². The lowest BCUT2D eigenvalue weighted by Gasteiger charge is -2.44. The van der Waals surface area contributed by atoms with Crippen molar-refractivity contribution in [2.45, 2.75) is 25.8 Å². The fourth-order valence-corrected chi connectivity index (χ4v) is 6.56. The monoisotopic (exact) mass is 599 g/mol. The Bertz CT molecular complexity index is 1610. The second-order valence-corrected chi connectivity index (χ2v) is 11.5. The van der Waals surface area contributed by atoms with Crippen molar-refractivity contribution in [1.29, 1.82) is 0 Å². The highest BCUT2D eigenvalue weighted by atomic mass is 16.6. The van der Waals surface area contributed by atoms with Gasteiger partial charge in [-0.1, -0.05) is 6.07 Å². The van der Waals surface area contributed by atoms with Gasteiger partial charge in [0.1, 0.15) is 5.75 Å². The van der Waals surface area contributed by atoms with Crippen LogP contribution in [0.5, 0.6) is 5.75 Å². The van der Waals surface area contributed by atoms with Crippen molar-refractivity contribution in [1.82, 2.24) is 14.4 Å². The van der Waals surface area contributed by atoms with Gasteiger partial charge in [0.25, 0.3) is 17.4 Å². The number of methoxy groups -OCH3 is 1. The summed E-state index contributed by atoms with van der Waals surface area (Å²) in [6.07, 6.45) is 0.633. The van der Waals surface area contributed by atoms with Crippen molar-refractivity contribution >= 4 is 29.3 Å². The predicted octanol–water partition coefficient (Wildman–Crippen LogP) is 3.65. The Morgan fingerprint density at radius 2 is 1.61 bits per heavy atom. The van der Waals surface area contributed by atoms with Crippen molar-refractivity contribution in [3.63, 3.8) is 0 Å². The number of benzene rings is 2. The van der Waals surface area contributed by atoms with E-state index in [4.69, 9.17) is 9.47 Å². The molecule has 3 aliphatic heterocycles. The highest BCUT2D eigenvalue weighted by Crippen LogP contribution is 2.39. The molecule has 3 aromatic rings. The smallest absolute Gasteiger partial charge is 0.409 e. The van der Waals surface area contributed by atoms with Gasteiger partial charge in [-0.15, -0.1) is 0 Å². The average molecular weight is 600 g/mol. The lowest BCUT2D eigenvalue weighted by molar-refractivity contribution is 0.0570. The lowest BCUT2D eigenvalue weighted by Crippen LogP contribution is -2.50. The molecule has 4 heterocycles. The van der Waals surface area contributed by atoms with E-state index in [9.17, 15) is 19.2 Å². The van der Waals surface area contributed by atoms with Crippen LogP contribution in [0.25, 0.3) is 0 Å². The largest absolute Gasteiger partial charge is 0.497 e. The normalized spacial score (nSPS) is 19.2. The molecule has 2 fully saturated rings. The Kier molecular flexibility index (Phi) is 8.28. The van der Waals surface area contributed by atoms with Crippen molar-refractivity contribution in [3.8, 4) is 5.75 Å². The molecule has 2 bridgehead atoms. The zero-order valence-corrected chi connectivity index (χ0v) is 25.0. The number of carbonyl (C=O) groups excluding carboxylic acids is 3. The van der Waals surface area contributed by atoms with Gasteiger partial charge in [-0.05, 0) is 67.8 Å². The number of nitrogens with zero attached hydrogens (tertiary/aromatic N) is 4.